The third kappa shape index (κ3) is 2.92. The highest BCUT2D eigenvalue weighted by Crippen LogP contribution is 2.52. The number of aromatic hydroxyl groups is 1. The first kappa shape index (κ1) is 22.6. The van der Waals surface area contributed by atoms with Crippen molar-refractivity contribution in [3.05, 3.63) is 51.0 Å². The topological polar surface area (TPSA) is 166 Å². The normalized spacial score (nSPS) is 26.5. The summed E-state index contributed by atoms with van der Waals surface area (Å²) in [4.78, 5) is 62.6. The molecule has 3 aliphatic rings. The van der Waals surface area contributed by atoms with E-state index in [2.05, 4.69) is 0 Å². The maximum Gasteiger partial charge on any atom is 0.209 e. The average molecular weight is 454 g/mol. The monoisotopic (exact) mass is 454 g/mol. The number of phenolic OH excluding ortho intramolecular Hbond substituents is 1. The van der Waals surface area contributed by atoms with Crippen LogP contribution in [0.4, 0.5) is 0 Å². The molecule has 3 unspecified atom stereocenters. The van der Waals surface area contributed by atoms with Crippen molar-refractivity contribution in [2.75, 3.05) is 0 Å². The van der Waals surface area contributed by atoms with Crippen molar-refractivity contribution in [2.45, 2.75) is 45.6 Å². The Morgan fingerprint density at radius 2 is 1.55 bits per heavy atom. The summed E-state index contributed by atoms with van der Waals surface area (Å²) >= 11 is 0. The zero-order valence-electron chi connectivity index (χ0n) is 18.2. The predicted octanol–water partition coefficient (Wildman–Crippen LogP) is 2.09. The van der Waals surface area contributed by atoms with Gasteiger partial charge in [-0.15, -0.1) is 0 Å². The number of carbonyl (C=O) groups is 5. The first-order chi connectivity index (χ1) is 15.3. The van der Waals surface area contributed by atoms with E-state index < -0.39 is 69.2 Å². The minimum Gasteiger partial charge on any atom is -0.511 e. The molecule has 33 heavy (non-hydrogen) atoms. The maximum absolute atomic E-state index is 13.5. The Labute approximate surface area is 188 Å². The van der Waals surface area contributed by atoms with Crippen LogP contribution in [0.15, 0.2) is 28.7 Å². The lowest BCUT2D eigenvalue weighted by Crippen LogP contribution is -2.56. The van der Waals surface area contributed by atoms with Crippen LogP contribution in [-0.4, -0.2) is 54.9 Å². The Morgan fingerprint density at radius 1 is 0.939 bits per heavy atom. The van der Waals surface area contributed by atoms with Crippen LogP contribution in [0.25, 0.3) is 0 Å². The Hall–Kier alpha value is -3.59. The summed E-state index contributed by atoms with van der Waals surface area (Å²) < 4.78 is 0. The van der Waals surface area contributed by atoms with Gasteiger partial charge in [0, 0.05) is 23.5 Å². The van der Waals surface area contributed by atoms with Crippen LogP contribution in [0.1, 0.15) is 70.3 Å². The van der Waals surface area contributed by atoms with Crippen LogP contribution in [-0.2, 0) is 16.0 Å². The minimum atomic E-state index is -2.59. The number of rotatable bonds is 3. The number of Topliss-reactive ketones (excluding diaryl/α,β-unsaturated/α-hetero) is 5. The molecule has 3 aliphatic carbocycles. The first-order valence-corrected chi connectivity index (χ1v) is 10.4. The Bertz CT molecular complexity index is 1260. The van der Waals surface area contributed by atoms with Gasteiger partial charge in [0.25, 0.3) is 0 Å². The second kappa shape index (κ2) is 7.21. The van der Waals surface area contributed by atoms with E-state index in [1.54, 1.807) is 0 Å². The van der Waals surface area contributed by atoms with E-state index >= 15 is 0 Å². The van der Waals surface area contributed by atoms with Gasteiger partial charge in [-0.2, -0.15) is 0 Å². The molecule has 9 heteroatoms. The fourth-order valence-electron chi connectivity index (χ4n) is 5.38. The van der Waals surface area contributed by atoms with E-state index in [4.69, 9.17) is 0 Å². The molecule has 0 saturated heterocycles. The molecule has 9 nitrogen and oxygen atoms in total. The second-order valence-corrected chi connectivity index (χ2v) is 8.89. The van der Waals surface area contributed by atoms with Crippen molar-refractivity contribution in [1.29, 1.82) is 0 Å². The number of fused-ring (bicyclic) bond motifs is 3. The lowest BCUT2D eigenvalue weighted by Gasteiger charge is -2.45. The number of ketones is 5. The van der Waals surface area contributed by atoms with Gasteiger partial charge in [0.2, 0.25) is 5.78 Å². The molecule has 1 aromatic rings. The van der Waals surface area contributed by atoms with Gasteiger partial charge in [-0.25, -0.2) is 0 Å². The molecule has 0 spiro atoms. The maximum atomic E-state index is 13.5. The zero-order valence-corrected chi connectivity index (χ0v) is 18.2. The fourth-order valence-corrected chi connectivity index (χ4v) is 5.38. The summed E-state index contributed by atoms with van der Waals surface area (Å²) in [7, 11) is 0. The summed E-state index contributed by atoms with van der Waals surface area (Å²) in [6, 6.07) is 1.23. The van der Waals surface area contributed by atoms with E-state index in [1.165, 1.54) is 13.0 Å². The van der Waals surface area contributed by atoms with E-state index in [-0.39, 0.29) is 47.1 Å². The lowest BCUT2D eigenvalue weighted by molar-refractivity contribution is -0.144. The molecule has 0 fully saturated rings. The molecule has 3 atom stereocenters. The van der Waals surface area contributed by atoms with Crippen LogP contribution in [0, 0.1) is 11.8 Å². The highest BCUT2D eigenvalue weighted by Gasteiger charge is 2.59. The summed E-state index contributed by atoms with van der Waals surface area (Å²) in [5, 5.41) is 43.2. The van der Waals surface area contributed by atoms with Crippen LogP contribution in [0.2, 0.25) is 0 Å². The largest absolute Gasteiger partial charge is 0.511 e. The lowest BCUT2D eigenvalue weighted by atomic mass is 9.59. The van der Waals surface area contributed by atoms with Gasteiger partial charge in [-0.1, -0.05) is 0 Å². The standard InChI is InChI=1S/C24H22O9/c1-8(25)13-7-14(9(2)26)20(29)19-15(13)5-11-4-12-6-16(28)17(10(3)27)22(31)24(12,33)23(32)18(11)21(19)30/h7,11-12,28-29,32-33H,4-6H2,1-3H3. The fraction of sp³-hybridized carbons (Fsp3) is 0.375. The summed E-state index contributed by atoms with van der Waals surface area (Å²) in [6.45, 7) is 3.46. The molecule has 0 radical (unpaired) electrons. The molecule has 0 bridgehead atoms. The van der Waals surface area contributed by atoms with Crippen molar-refractivity contribution in [2.24, 2.45) is 11.8 Å². The third-order valence-corrected chi connectivity index (χ3v) is 6.93. The van der Waals surface area contributed by atoms with Crippen LogP contribution < -0.4 is 0 Å². The number of aliphatic hydroxyl groups excluding tert-OH is 2. The number of hydrogen-bond acceptors (Lipinski definition) is 9. The van der Waals surface area contributed by atoms with Crippen LogP contribution in [0.5, 0.6) is 5.75 Å². The Morgan fingerprint density at radius 3 is 2.09 bits per heavy atom. The van der Waals surface area contributed by atoms with Gasteiger partial charge >= 0.3 is 0 Å². The molecule has 172 valence electrons. The SMILES string of the molecule is CC(=O)C1=C(O)CC2CC3Cc4c(C(C)=O)cc(C(C)=O)c(O)c4C(=O)C3=C(O)C2(O)C1=O. The predicted molar refractivity (Wildman–Crippen MR) is 112 cm³/mol. The highest BCUT2D eigenvalue weighted by molar-refractivity contribution is 6.25. The molecular weight excluding hydrogens is 432 g/mol. The third-order valence-electron chi connectivity index (χ3n) is 6.93. The zero-order chi connectivity index (χ0) is 24.6. The van der Waals surface area contributed by atoms with Gasteiger partial charge in [0.15, 0.2) is 28.7 Å². The van der Waals surface area contributed by atoms with Crippen molar-refractivity contribution >= 4 is 28.9 Å². The molecule has 4 rings (SSSR count). The second-order valence-electron chi connectivity index (χ2n) is 8.89. The summed E-state index contributed by atoms with van der Waals surface area (Å²) in [6.07, 6.45) is -0.249. The van der Waals surface area contributed by atoms with Crippen LogP contribution >= 0.6 is 0 Å². The van der Waals surface area contributed by atoms with Crippen molar-refractivity contribution in [3.63, 3.8) is 0 Å². The minimum absolute atomic E-state index is 0.00533. The Balaban J connectivity index is 1.97. The molecule has 0 heterocycles. The van der Waals surface area contributed by atoms with E-state index in [0.29, 0.717) is 0 Å². The molecule has 1 aromatic carbocycles. The van der Waals surface area contributed by atoms with Crippen molar-refractivity contribution in [3.8, 4) is 5.75 Å². The van der Waals surface area contributed by atoms with E-state index in [1.807, 2.05) is 0 Å². The molecule has 0 aromatic heterocycles. The van der Waals surface area contributed by atoms with Gasteiger partial charge in [-0.05, 0) is 51.2 Å². The van der Waals surface area contributed by atoms with Gasteiger partial charge in [0.1, 0.15) is 22.8 Å². The first-order valence-electron chi connectivity index (χ1n) is 10.4. The molecule has 4 N–H and O–H groups in total. The Kier molecular flexibility index (Phi) is 4.94. The quantitative estimate of drug-likeness (QED) is 0.395. The van der Waals surface area contributed by atoms with Crippen LogP contribution in [0.3, 0.4) is 0 Å². The number of carbonyl (C=O) groups excluding carboxylic acids is 5. The van der Waals surface area contributed by atoms with E-state index in [0.717, 1.165) is 13.8 Å². The van der Waals surface area contributed by atoms with Gasteiger partial charge < -0.3 is 20.4 Å². The average Bonchev–Trinajstić information content (AvgIpc) is 2.70. The number of aliphatic hydroxyl groups is 3. The number of allylic oxidation sites excluding steroid dienone is 2. The van der Waals surface area contributed by atoms with Gasteiger partial charge in [0.05, 0.1) is 11.1 Å². The van der Waals surface area contributed by atoms with Crippen molar-refractivity contribution in [1.82, 2.24) is 0 Å². The highest BCUT2D eigenvalue weighted by atomic mass is 16.3. The molecule has 0 aliphatic heterocycles. The molecular formula is C24H22O9. The smallest absolute Gasteiger partial charge is 0.209 e. The summed E-state index contributed by atoms with van der Waals surface area (Å²) in [5.41, 5.74) is -3.81. The molecule has 0 saturated carbocycles. The van der Waals surface area contributed by atoms with Crippen molar-refractivity contribution < 1.29 is 44.4 Å². The summed E-state index contributed by atoms with van der Waals surface area (Å²) in [5.74, 6) is -7.72. The number of phenols is 1. The number of hydrogen-bond donors (Lipinski definition) is 4. The van der Waals surface area contributed by atoms with Gasteiger partial charge in [-0.3, -0.25) is 24.0 Å². The molecule has 0 amide bonds. The number of benzene rings is 1. The van der Waals surface area contributed by atoms with E-state index in [9.17, 15) is 44.4 Å².